The van der Waals surface area contributed by atoms with Crippen molar-refractivity contribution in [1.29, 1.82) is 0 Å². The van der Waals surface area contributed by atoms with Gasteiger partial charge in [0.25, 0.3) is 17.7 Å². The number of hydrogen-bond acceptors (Lipinski definition) is 4. The van der Waals surface area contributed by atoms with Gasteiger partial charge in [-0.3, -0.25) is 19.8 Å². The maximum absolute atomic E-state index is 12.8. The van der Waals surface area contributed by atoms with E-state index in [9.17, 15) is 14.4 Å². The molecule has 1 aromatic rings. The number of imide groups is 1. The number of fused-ring (bicyclic) bond motifs is 2. The Morgan fingerprint density at radius 1 is 1.12 bits per heavy atom. The second-order valence-electron chi connectivity index (χ2n) is 8.03. The number of carbonyl (C=O) groups is 3. The van der Waals surface area contributed by atoms with Crippen LogP contribution in [-0.2, 0) is 22.4 Å². The largest absolute Gasteiger partial charge is 0.272 e. The van der Waals surface area contributed by atoms with E-state index in [0.29, 0.717) is 24.3 Å². The van der Waals surface area contributed by atoms with Crippen LogP contribution in [0, 0.1) is 17.8 Å². The van der Waals surface area contributed by atoms with Crippen molar-refractivity contribution in [2.75, 3.05) is 0 Å². The number of carbonyl (C=O) groups excluding carboxylic acids is 3. The molecule has 1 saturated heterocycles. The van der Waals surface area contributed by atoms with Gasteiger partial charge in [0.15, 0.2) is 0 Å². The molecule has 0 saturated carbocycles. The minimum absolute atomic E-state index is 0.266. The first kappa shape index (κ1) is 17.5. The second kappa shape index (κ2) is 6.34. The average molecular weight is 372 g/mol. The summed E-state index contributed by atoms with van der Waals surface area (Å²) in [4.78, 5) is 39.5. The van der Waals surface area contributed by atoms with E-state index in [1.165, 1.54) is 16.0 Å². The Balaban J connectivity index is 1.53. The zero-order chi connectivity index (χ0) is 18.6. The predicted molar refractivity (Wildman–Crippen MR) is 99.4 cm³/mol. The Morgan fingerprint density at radius 3 is 2.35 bits per heavy atom. The van der Waals surface area contributed by atoms with Crippen molar-refractivity contribution in [2.45, 2.75) is 52.9 Å². The number of thiophene rings is 1. The molecule has 5 nitrogen and oxygen atoms in total. The van der Waals surface area contributed by atoms with Crippen LogP contribution in [0.25, 0.3) is 0 Å². The average Bonchev–Trinajstić information content (AvgIpc) is 3.11. The van der Waals surface area contributed by atoms with Crippen LogP contribution in [0.2, 0.25) is 0 Å². The Hall–Kier alpha value is -1.95. The first-order chi connectivity index (χ1) is 12.4. The fourth-order valence-corrected chi connectivity index (χ4v) is 5.64. The van der Waals surface area contributed by atoms with Crippen LogP contribution in [-0.4, -0.2) is 22.7 Å². The zero-order valence-electron chi connectivity index (χ0n) is 15.4. The molecular formula is C20H24N2O3S. The quantitative estimate of drug-likeness (QED) is 0.640. The van der Waals surface area contributed by atoms with Crippen LogP contribution in [0.15, 0.2) is 16.5 Å². The first-order valence-electron chi connectivity index (χ1n) is 9.30. The Kier molecular flexibility index (Phi) is 4.26. The molecule has 4 rings (SSSR count). The highest BCUT2D eigenvalue weighted by atomic mass is 32.1. The molecule has 0 spiro atoms. The van der Waals surface area contributed by atoms with Gasteiger partial charge in [-0.1, -0.05) is 18.1 Å². The van der Waals surface area contributed by atoms with Gasteiger partial charge in [-0.25, -0.2) is 0 Å². The molecule has 138 valence electrons. The Bertz CT molecular complexity index is 806. The topological polar surface area (TPSA) is 66.5 Å². The summed E-state index contributed by atoms with van der Waals surface area (Å²) in [7, 11) is 0. The molecule has 2 heterocycles. The smallest absolute Gasteiger partial charge is 0.271 e. The lowest BCUT2D eigenvalue weighted by atomic mass is 9.78. The van der Waals surface area contributed by atoms with Crippen molar-refractivity contribution in [3.8, 4) is 0 Å². The summed E-state index contributed by atoms with van der Waals surface area (Å²) in [6, 6.07) is 0. The number of hydrogen-bond donors (Lipinski definition) is 1. The fourth-order valence-electron chi connectivity index (χ4n) is 4.39. The summed E-state index contributed by atoms with van der Waals surface area (Å²) in [5.41, 5.74) is 6.69. The van der Waals surface area contributed by atoms with Crippen molar-refractivity contribution >= 4 is 29.1 Å². The van der Waals surface area contributed by atoms with Crippen molar-refractivity contribution in [3.63, 3.8) is 0 Å². The van der Waals surface area contributed by atoms with Gasteiger partial charge in [0, 0.05) is 10.3 Å². The molecule has 3 unspecified atom stereocenters. The summed E-state index contributed by atoms with van der Waals surface area (Å²) in [5.74, 6) is -0.886. The molecule has 0 radical (unpaired) electrons. The molecule has 3 aliphatic rings. The van der Waals surface area contributed by atoms with Crippen LogP contribution in [0.1, 0.15) is 60.8 Å². The summed E-state index contributed by atoms with van der Waals surface area (Å²) in [6.07, 6.45) is 4.18. The monoisotopic (exact) mass is 372 g/mol. The molecule has 26 heavy (non-hydrogen) atoms. The van der Waals surface area contributed by atoms with Gasteiger partial charge in [0.05, 0.1) is 17.4 Å². The molecule has 1 N–H and O–H groups in total. The molecule has 1 fully saturated rings. The van der Waals surface area contributed by atoms with Crippen LogP contribution < -0.4 is 5.43 Å². The van der Waals surface area contributed by atoms with Crippen molar-refractivity contribution in [1.82, 2.24) is 10.4 Å². The van der Waals surface area contributed by atoms with Gasteiger partial charge in [0.2, 0.25) is 0 Å². The summed E-state index contributed by atoms with van der Waals surface area (Å²) >= 11 is 1.61. The number of amides is 3. The van der Waals surface area contributed by atoms with Crippen molar-refractivity contribution in [3.05, 3.63) is 32.5 Å². The lowest BCUT2D eigenvalue weighted by molar-refractivity contribution is -0.142. The maximum atomic E-state index is 12.8. The molecule has 0 aromatic carbocycles. The van der Waals surface area contributed by atoms with Gasteiger partial charge >= 0.3 is 0 Å². The van der Waals surface area contributed by atoms with E-state index in [1.54, 1.807) is 11.3 Å². The molecule has 1 aromatic heterocycles. The lowest BCUT2D eigenvalue weighted by Gasteiger charge is -2.23. The van der Waals surface area contributed by atoms with Crippen LogP contribution in [0.4, 0.5) is 0 Å². The van der Waals surface area contributed by atoms with E-state index in [0.717, 1.165) is 29.8 Å². The molecule has 3 atom stereocenters. The van der Waals surface area contributed by atoms with Gasteiger partial charge in [-0.2, -0.15) is 5.01 Å². The van der Waals surface area contributed by atoms with Crippen LogP contribution in [0.5, 0.6) is 0 Å². The second-order valence-corrected chi connectivity index (χ2v) is 9.00. The molecule has 3 amide bonds. The fraction of sp³-hybridized carbons (Fsp3) is 0.550. The van der Waals surface area contributed by atoms with Gasteiger partial charge in [0.1, 0.15) is 0 Å². The summed E-state index contributed by atoms with van der Waals surface area (Å²) < 4.78 is 0. The summed E-state index contributed by atoms with van der Waals surface area (Å²) in [5, 5.41) is 2.85. The van der Waals surface area contributed by atoms with E-state index in [-0.39, 0.29) is 29.6 Å². The number of allylic oxidation sites excluding steroid dienone is 2. The van der Waals surface area contributed by atoms with E-state index < -0.39 is 0 Å². The third kappa shape index (κ3) is 2.71. The predicted octanol–water partition coefficient (Wildman–Crippen LogP) is 3.25. The highest BCUT2D eigenvalue weighted by Gasteiger charge is 2.50. The number of hydrazine groups is 1. The maximum Gasteiger partial charge on any atom is 0.271 e. The standard InChI is InChI=1S/C20H24N2O3S/c1-10-4-5-13-16(9-26-17(13)6-10)18(23)21-22-19(24)14-7-11(2)12(3)8-15(14)20(22)25/h9-10,14-15H,4-8H2,1-3H3,(H,21,23). The van der Waals surface area contributed by atoms with Crippen LogP contribution in [0.3, 0.4) is 0 Å². The third-order valence-corrected chi connectivity index (χ3v) is 7.25. The molecule has 6 heteroatoms. The minimum atomic E-state index is -0.334. The Labute approximate surface area is 157 Å². The number of rotatable bonds is 2. The molecule has 1 aliphatic heterocycles. The number of nitrogens with one attached hydrogen (secondary N) is 1. The van der Waals surface area contributed by atoms with E-state index in [2.05, 4.69) is 12.3 Å². The molecule has 0 bridgehead atoms. The van der Waals surface area contributed by atoms with Crippen molar-refractivity contribution in [2.24, 2.45) is 17.8 Å². The van der Waals surface area contributed by atoms with E-state index in [1.807, 2.05) is 19.2 Å². The van der Waals surface area contributed by atoms with Gasteiger partial charge in [-0.15, -0.1) is 11.3 Å². The highest BCUT2D eigenvalue weighted by Crippen LogP contribution is 2.40. The highest BCUT2D eigenvalue weighted by molar-refractivity contribution is 7.10. The van der Waals surface area contributed by atoms with Gasteiger partial charge < -0.3 is 0 Å². The van der Waals surface area contributed by atoms with Gasteiger partial charge in [-0.05, 0) is 57.4 Å². The Morgan fingerprint density at radius 2 is 1.73 bits per heavy atom. The van der Waals surface area contributed by atoms with E-state index in [4.69, 9.17) is 0 Å². The third-order valence-electron chi connectivity index (χ3n) is 6.20. The summed E-state index contributed by atoms with van der Waals surface area (Å²) in [6.45, 7) is 6.26. The molecular weight excluding hydrogens is 348 g/mol. The number of nitrogens with zero attached hydrogens (tertiary/aromatic N) is 1. The first-order valence-corrected chi connectivity index (χ1v) is 10.2. The zero-order valence-corrected chi connectivity index (χ0v) is 16.2. The van der Waals surface area contributed by atoms with Crippen LogP contribution >= 0.6 is 11.3 Å². The molecule has 2 aliphatic carbocycles. The minimum Gasteiger partial charge on any atom is -0.272 e. The normalized spacial score (nSPS) is 28.3. The lowest BCUT2D eigenvalue weighted by Crippen LogP contribution is -2.46. The van der Waals surface area contributed by atoms with Crippen molar-refractivity contribution < 1.29 is 14.4 Å². The van der Waals surface area contributed by atoms with E-state index >= 15 is 0 Å². The SMILES string of the molecule is CC1=C(C)CC2C(=O)N(NC(=O)c3csc4c3CCC(C)C4)C(=O)C2C1.